The molecule has 0 heterocycles. The number of para-hydroxylation sites is 1. The SMILES string of the molecule is Cc1ccccc1C1CC(Nc2ccccc2Br)C1. The van der Waals surface area contributed by atoms with Crippen LogP contribution >= 0.6 is 15.9 Å². The van der Waals surface area contributed by atoms with Crippen LogP contribution in [-0.4, -0.2) is 6.04 Å². The van der Waals surface area contributed by atoms with Crippen molar-refractivity contribution in [2.75, 3.05) is 5.32 Å². The highest BCUT2D eigenvalue weighted by Gasteiger charge is 2.31. The Labute approximate surface area is 123 Å². The van der Waals surface area contributed by atoms with Gasteiger partial charge in [-0.1, -0.05) is 36.4 Å². The van der Waals surface area contributed by atoms with E-state index in [-0.39, 0.29) is 0 Å². The van der Waals surface area contributed by atoms with Gasteiger partial charge in [0.1, 0.15) is 0 Å². The Bertz CT molecular complexity index is 573. The number of halogens is 1. The molecule has 0 unspecified atom stereocenters. The summed E-state index contributed by atoms with van der Waals surface area (Å²) in [6.45, 7) is 2.21. The maximum absolute atomic E-state index is 3.62. The zero-order valence-electron chi connectivity index (χ0n) is 11.1. The molecule has 0 atom stereocenters. The summed E-state index contributed by atoms with van der Waals surface area (Å²) < 4.78 is 1.15. The molecule has 0 spiro atoms. The molecule has 19 heavy (non-hydrogen) atoms. The van der Waals surface area contributed by atoms with Crippen LogP contribution in [0.3, 0.4) is 0 Å². The molecule has 1 fully saturated rings. The van der Waals surface area contributed by atoms with Crippen LogP contribution < -0.4 is 5.32 Å². The van der Waals surface area contributed by atoms with Crippen molar-refractivity contribution in [1.82, 2.24) is 0 Å². The maximum Gasteiger partial charge on any atom is 0.0486 e. The van der Waals surface area contributed by atoms with Gasteiger partial charge in [-0.2, -0.15) is 0 Å². The van der Waals surface area contributed by atoms with E-state index in [2.05, 4.69) is 70.6 Å². The highest BCUT2D eigenvalue weighted by molar-refractivity contribution is 9.10. The summed E-state index contributed by atoms with van der Waals surface area (Å²) in [6, 6.07) is 17.7. The molecule has 1 aliphatic carbocycles. The second-order valence-corrected chi connectivity index (χ2v) is 6.20. The maximum atomic E-state index is 3.62. The number of aryl methyl sites for hydroxylation is 1. The predicted octanol–water partition coefficient (Wildman–Crippen LogP) is 5.12. The zero-order chi connectivity index (χ0) is 13.2. The van der Waals surface area contributed by atoms with Crippen LogP contribution in [0, 0.1) is 6.92 Å². The standard InChI is InChI=1S/C17H18BrN/c1-12-6-2-3-7-15(12)13-10-14(11-13)19-17-9-5-4-8-16(17)18/h2-9,13-14,19H,10-11H2,1H3. The summed E-state index contributed by atoms with van der Waals surface area (Å²) in [6.07, 6.45) is 2.46. The summed E-state index contributed by atoms with van der Waals surface area (Å²) >= 11 is 3.59. The van der Waals surface area contributed by atoms with Gasteiger partial charge in [0, 0.05) is 16.2 Å². The highest BCUT2D eigenvalue weighted by Crippen LogP contribution is 2.40. The van der Waals surface area contributed by atoms with Gasteiger partial charge in [0.05, 0.1) is 0 Å². The van der Waals surface area contributed by atoms with E-state index >= 15 is 0 Å². The Balaban J connectivity index is 1.62. The van der Waals surface area contributed by atoms with Gasteiger partial charge in [-0.3, -0.25) is 0 Å². The summed E-state index contributed by atoms with van der Waals surface area (Å²) in [5, 5.41) is 3.62. The molecule has 0 aliphatic heterocycles. The summed E-state index contributed by atoms with van der Waals surface area (Å²) in [7, 11) is 0. The molecule has 0 aromatic heterocycles. The minimum Gasteiger partial charge on any atom is -0.381 e. The molecule has 3 rings (SSSR count). The van der Waals surface area contributed by atoms with Crippen LogP contribution in [0.5, 0.6) is 0 Å². The van der Waals surface area contributed by atoms with Crippen molar-refractivity contribution in [1.29, 1.82) is 0 Å². The van der Waals surface area contributed by atoms with Crippen molar-refractivity contribution >= 4 is 21.6 Å². The number of anilines is 1. The van der Waals surface area contributed by atoms with Gasteiger partial charge in [0.15, 0.2) is 0 Å². The third-order valence-corrected chi connectivity index (χ3v) is 4.69. The fourth-order valence-corrected chi connectivity index (χ4v) is 3.23. The normalized spacial score (nSPS) is 21.8. The predicted molar refractivity (Wildman–Crippen MR) is 84.7 cm³/mol. The van der Waals surface area contributed by atoms with E-state index in [1.165, 1.54) is 29.7 Å². The van der Waals surface area contributed by atoms with Gasteiger partial charge in [-0.25, -0.2) is 0 Å². The van der Waals surface area contributed by atoms with Gasteiger partial charge in [0.2, 0.25) is 0 Å². The number of nitrogens with one attached hydrogen (secondary N) is 1. The molecule has 2 heteroatoms. The minimum absolute atomic E-state index is 0.600. The summed E-state index contributed by atoms with van der Waals surface area (Å²) in [4.78, 5) is 0. The van der Waals surface area contributed by atoms with Gasteiger partial charge in [-0.05, 0) is 64.9 Å². The molecular formula is C17H18BrN. The summed E-state index contributed by atoms with van der Waals surface area (Å²) in [5.41, 5.74) is 4.15. The lowest BCUT2D eigenvalue weighted by Gasteiger charge is -2.37. The molecule has 1 nitrogen and oxygen atoms in total. The van der Waals surface area contributed by atoms with Gasteiger partial charge < -0.3 is 5.32 Å². The molecule has 2 aromatic rings. The molecule has 98 valence electrons. The number of benzene rings is 2. The van der Waals surface area contributed by atoms with Crippen molar-refractivity contribution in [3.63, 3.8) is 0 Å². The zero-order valence-corrected chi connectivity index (χ0v) is 12.7. The van der Waals surface area contributed by atoms with E-state index in [0.717, 1.165) is 10.4 Å². The fourth-order valence-electron chi connectivity index (χ4n) is 2.83. The number of hydrogen-bond acceptors (Lipinski definition) is 1. The van der Waals surface area contributed by atoms with Crippen LogP contribution in [0.1, 0.15) is 29.9 Å². The van der Waals surface area contributed by atoms with Crippen LogP contribution in [0.4, 0.5) is 5.69 Å². The van der Waals surface area contributed by atoms with Crippen molar-refractivity contribution in [3.05, 3.63) is 64.1 Å². The average Bonchev–Trinajstić information content (AvgIpc) is 2.37. The van der Waals surface area contributed by atoms with E-state index in [9.17, 15) is 0 Å². The third-order valence-electron chi connectivity index (χ3n) is 4.00. The van der Waals surface area contributed by atoms with Gasteiger partial charge in [0.25, 0.3) is 0 Å². The van der Waals surface area contributed by atoms with Crippen LogP contribution in [-0.2, 0) is 0 Å². The smallest absolute Gasteiger partial charge is 0.0486 e. The molecule has 0 saturated heterocycles. The molecule has 2 aromatic carbocycles. The van der Waals surface area contributed by atoms with E-state index in [0.29, 0.717) is 6.04 Å². The van der Waals surface area contributed by atoms with Crippen molar-refractivity contribution in [3.8, 4) is 0 Å². The fraction of sp³-hybridized carbons (Fsp3) is 0.294. The molecular weight excluding hydrogens is 298 g/mol. The first-order valence-corrected chi connectivity index (χ1v) is 7.60. The Morgan fingerprint density at radius 2 is 1.68 bits per heavy atom. The highest BCUT2D eigenvalue weighted by atomic mass is 79.9. The Kier molecular flexibility index (Phi) is 3.61. The van der Waals surface area contributed by atoms with Crippen LogP contribution in [0.25, 0.3) is 0 Å². The van der Waals surface area contributed by atoms with E-state index in [1.54, 1.807) is 0 Å². The van der Waals surface area contributed by atoms with Gasteiger partial charge in [-0.15, -0.1) is 0 Å². The quantitative estimate of drug-likeness (QED) is 0.829. The lowest BCUT2D eigenvalue weighted by atomic mass is 9.74. The first-order valence-electron chi connectivity index (χ1n) is 6.80. The van der Waals surface area contributed by atoms with Crippen LogP contribution in [0.2, 0.25) is 0 Å². The molecule has 1 N–H and O–H groups in total. The second kappa shape index (κ2) is 5.38. The van der Waals surface area contributed by atoms with E-state index in [4.69, 9.17) is 0 Å². The molecule has 0 radical (unpaired) electrons. The number of rotatable bonds is 3. The topological polar surface area (TPSA) is 12.0 Å². The number of hydrogen-bond donors (Lipinski definition) is 1. The minimum atomic E-state index is 0.600. The first-order chi connectivity index (χ1) is 9.24. The van der Waals surface area contributed by atoms with E-state index < -0.39 is 0 Å². The third kappa shape index (κ3) is 2.69. The van der Waals surface area contributed by atoms with Crippen molar-refractivity contribution < 1.29 is 0 Å². The molecule has 1 aliphatic rings. The lowest BCUT2D eigenvalue weighted by Crippen LogP contribution is -2.34. The summed E-state index contributed by atoms with van der Waals surface area (Å²) in [5.74, 6) is 0.723. The van der Waals surface area contributed by atoms with E-state index in [1.807, 2.05) is 6.07 Å². The van der Waals surface area contributed by atoms with Crippen LogP contribution in [0.15, 0.2) is 53.0 Å². The molecule has 1 saturated carbocycles. The van der Waals surface area contributed by atoms with Crippen molar-refractivity contribution in [2.24, 2.45) is 0 Å². The molecule has 0 bridgehead atoms. The van der Waals surface area contributed by atoms with Crippen molar-refractivity contribution in [2.45, 2.75) is 31.7 Å². The Morgan fingerprint density at radius 1 is 1.00 bits per heavy atom. The average molecular weight is 316 g/mol. The largest absolute Gasteiger partial charge is 0.381 e. The molecule has 0 amide bonds. The van der Waals surface area contributed by atoms with Gasteiger partial charge >= 0.3 is 0 Å². The Hall–Kier alpha value is -1.28. The first kappa shape index (κ1) is 12.7. The Morgan fingerprint density at radius 3 is 2.42 bits per heavy atom. The monoisotopic (exact) mass is 315 g/mol. The second-order valence-electron chi connectivity index (χ2n) is 5.35. The lowest BCUT2D eigenvalue weighted by molar-refractivity contribution is 0.373.